The summed E-state index contributed by atoms with van der Waals surface area (Å²) in [5.41, 5.74) is 0. The monoisotopic (exact) mass is 205 g/mol. The molecule has 0 saturated heterocycles. The highest BCUT2D eigenvalue weighted by Crippen LogP contribution is 2.06. The zero-order chi connectivity index (χ0) is 10.1. The van der Waals surface area contributed by atoms with Crippen molar-refractivity contribution in [3.8, 4) is 6.07 Å². The van der Waals surface area contributed by atoms with Gasteiger partial charge in [-0.2, -0.15) is 5.26 Å². The van der Waals surface area contributed by atoms with Crippen LogP contribution in [0.2, 0.25) is 0 Å². The first-order valence-corrected chi connectivity index (χ1v) is 5.00. The van der Waals surface area contributed by atoms with Crippen LogP contribution >= 0.6 is 11.6 Å². The number of rotatable bonds is 7. The molecule has 0 saturated carbocycles. The van der Waals surface area contributed by atoms with Crippen molar-refractivity contribution in [1.82, 2.24) is 0 Å². The average molecular weight is 206 g/mol. The van der Waals surface area contributed by atoms with Crippen LogP contribution in [0.25, 0.3) is 0 Å². The minimum absolute atomic E-state index is 0.315. The first-order chi connectivity index (χ1) is 6.24. The summed E-state index contributed by atoms with van der Waals surface area (Å²) in [6.07, 6.45) is 0.737. The maximum Gasteiger partial charge on any atom is 0.156 e. The third kappa shape index (κ3) is 6.83. The highest BCUT2D eigenvalue weighted by atomic mass is 35.5. The Kier molecular flexibility index (Phi) is 8.11. The lowest BCUT2D eigenvalue weighted by atomic mass is 10.2. The highest BCUT2D eigenvalue weighted by molar-refractivity contribution is 6.17. The van der Waals surface area contributed by atoms with E-state index in [-0.39, 0.29) is 6.29 Å². The van der Waals surface area contributed by atoms with Gasteiger partial charge in [-0.1, -0.05) is 0 Å². The van der Waals surface area contributed by atoms with Gasteiger partial charge in [-0.3, -0.25) is 0 Å². The van der Waals surface area contributed by atoms with Crippen LogP contribution in [0.1, 0.15) is 26.7 Å². The van der Waals surface area contributed by atoms with E-state index in [2.05, 4.69) is 6.07 Å². The largest absolute Gasteiger partial charge is 0.353 e. The molecule has 3 nitrogen and oxygen atoms in total. The van der Waals surface area contributed by atoms with E-state index in [0.717, 1.165) is 6.42 Å². The number of hydrogen-bond acceptors (Lipinski definition) is 3. The van der Waals surface area contributed by atoms with E-state index < -0.39 is 6.10 Å². The Bertz CT molecular complexity index is 158. The summed E-state index contributed by atoms with van der Waals surface area (Å²) in [4.78, 5) is 0. The van der Waals surface area contributed by atoms with Gasteiger partial charge in [0.15, 0.2) is 6.29 Å². The van der Waals surface area contributed by atoms with Gasteiger partial charge in [-0.15, -0.1) is 11.6 Å². The lowest BCUT2D eigenvalue weighted by Crippen LogP contribution is -2.21. The van der Waals surface area contributed by atoms with Gasteiger partial charge in [0, 0.05) is 12.5 Å². The quantitative estimate of drug-likeness (QED) is 0.473. The van der Waals surface area contributed by atoms with Gasteiger partial charge >= 0.3 is 0 Å². The smallest absolute Gasteiger partial charge is 0.156 e. The second kappa shape index (κ2) is 8.31. The fourth-order valence-electron chi connectivity index (χ4n) is 0.931. The Morgan fingerprint density at radius 1 is 1.54 bits per heavy atom. The van der Waals surface area contributed by atoms with Crippen LogP contribution in [0.3, 0.4) is 0 Å². The molecule has 0 aromatic heterocycles. The Labute approximate surface area is 84.6 Å². The molecule has 76 valence electrons. The fourth-order valence-corrected chi connectivity index (χ4v) is 1.09. The minimum Gasteiger partial charge on any atom is -0.353 e. The number of alkyl halides is 1. The summed E-state index contributed by atoms with van der Waals surface area (Å²) in [6.45, 7) is 4.27. The van der Waals surface area contributed by atoms with Gasteiger partial charge < -0.3 is 9.47 Å². The first kappa shape index (κ1) is 12.7. The van der Waals surface area contributed by atoms with Crippen LogP contribution in [0.15, 0.2) is 0 Å². The lowest BCUT2D eigenvalue weighted by molar-refractivity contribution is -0.145. The molecule has 0 aromatic rings. The molecule has 0 aliphatic rings. The zero-order valence-electron chi connectivity index (χ0n) is 8.12. The Hall–Kier alpha value is -0.300. The van der Waals surface area contributed by atoms with Crippen molar-refractivity contribution in [2.45, 2.75) is 39.1 Å². The van der Waals surface area contributed by atoms with E-state index in [1.54, 1.807) is 6.92 Å². The van der Waals surface area contributed by atoms with E-state index in [1.165, 1.54) is 0 Å². The molecule has 0 amide bonds. The molecule has 0 bridgehead atoms. The van der Waals surface area contributed by atoms with Crippen LogP contribution in [0.5, 0.6) is 0 Å². The molecule has 0 fully saturated rings. The van der Waals surface area contributed by atoms with Gasteiger partial charge in [-0.25, -0.2) is 0 Å². The Morgan fingerprint density at radius 2 is 2.23 bits per heavy atom. The molecule has 0 rings (SSSR count). The summed E-state index contributed by atoms with van der Waals surface area (Å²) >= 11 is 5.50. The molecule has 0 N–H and O–H groups in total. The van der Waals surface area contributed by atoms with E-state index in [4.69, 9.17) is 26.3 Å². The highest BCUT2D eigenvalue weighted by Gasteiger charge is 2.11. The predicted octanol–water partition coefficient (Wildman–Crippen LogP) is 2.30. The molecular weight excluding hydrogens is 190 g/mol. The van der Waals surface area contributed by atoms with Crippen molar-refractivity contribution >= 4 is 11.6 Å². The molecule has 0 spiro atoms. The minimum atomic E-state index is -0.403. The van der Waals surface area contributed by atoms with Gasteiger partial charge in [-0.05, 0) is 26.7 Å². The molecular formula is C9H16ClNO2. The van der Waals surface area contributed by atoms with Crippen molar-refractivity contribution < 1.29 is 9.47 Å². The third-order valence-corrected chi connectivity index (χ3v) is 1.77. The van der Waals surface area contributed by atoms with E-state index in [9.17, 15) is 0 Å². The second-order valence-corrected chi connectivity index (χ2v) is 2.99. The number of hydrogen-bond donors (Lipinski definition) is 0. The summed E-state index contributed by atoms with van der Waals surface area (Å²) in [6, 6.07) is 2.07. The van der Waals surface area contributed by atoms with Crippen molar-refractivity contribution in [1.29, 1.82) is 5.26 Å². The van der Waals surface area contributed by atoms with E-state index >= 15 is 0 Å². The topological polar surface area (TPSA) is 42.2 Å². The molecule has 13 heavy (non-hydrogen) atoms. The molecule has 2 atom stereocenters. The molecule has 0 aliphatic carbocycles. The maximum atomic E-state index is 8.70. The summed E-state index contributed by atoms with van der Waals surface area (Å²) in [5, 5.41) is 8.70. The van der Waals surface area contributed by atoms with Crippen LogP contribution in [-0.2, 0) is 9.47 Å². The molecule has 0 radical (unpaired) electrons. The van der Waals surface area contributed by atoms with Gasteiger partial charge in [0.1, 0.15) is 6.10 Å². The van der Waals surface area contributed by atoms with Crippen LogP contribution in [0, 0.1) is 11.3 Å². The maximum absolute atomic E-state index is 8.70. The van der Waals surface area contributed by atoms with Gasteiger partial charge in [0.05, 0.1) is 6.07 Å². The van der Waals surface area contributed by atoms with Crippen LogP contribution in [0.4, 0.5) is 0 Å². The molecule has 4 heteroatoms. The number of halogens is 1. The van der Waals surface area contributed by atoms with Crippen molar-refractivity contribution in [3.05, 3.63) is 0 Å². The Morgan fingerprint density at radius 3 is 2.69 bits per heavy atom. The normalized spacial score (nSPS) is 14.9. The third-order valence-electron chi connectivity index (χ3n) is 1.50. The van der Waals surface area contributed by atoms with Gasteiger partial charge in [0.2, 0.25) is 0 Å². The van der Waals surface area contributed by atoms with E-state index in [0.29, 0.717) is 18.9 Å². The molecule has 2 unspecified atom stereocenters. The number of ether oxygens (including phenoxy) is 2. The van der Waals surface area contributed by atoms with Gasteiger partial charge in [0.25, 0.3) is 0 Å². The second-order valence-electron chi connectivity index (χ2n) is 2.61. The molecule has 0 aliphatic heterocycles. The standard InChI is InChI=1S/C9H16ClNO2/c1-3-12-8(2)13-9(7-11)5-4-6-10/h8-9H,3-6H2,1-2H3. The Balaban J connectivity index is 3.64. The lowest BCUT2D eigenvalue weighted by Gasteiger charge is -2.16. The average Bonchev–Trinajstić information content (AvgIpc) is 2.12. The van der Waals surface area contributed by atoms with Crippen LogP contribution in [-0.4, -0.2) is 24.9 Å². The zero-order valence-corrected chi connectivity index (χ0v) is 8.88. The predicted molar refractivity (Wildman–Crippen MR) is 51.5 cm³/mol. The first-order valence-electron chi connectivity index (χ1n) is 4.47. The van der Waals surface area contributed by atoms with Crippen LogP contribution < -0.4 is 0 Å². The number of nitrogens with zero attached hydrogens (tertiary/aromatic N) is 1. The SMILES string of the molecule is CCOC(C)OC(C#N)CCCCl. The van der Waals surface area contributed by atoms with Crippen molar-refractivity contribution in [2.24, 2.45) is 0 Å². The van der Waals surface area contributed by atoms with E-state index in [1.807, 2.05) is 6.92 Å². The molecule has 0 heterocycles. The summed E-state index contributed by atoms with van der Waals surface area (Å²) < 4.78 is 10.4. The number of nitriles is 1. The molecule has 0 aromatic carbocycles. The van der Waals surface area contributed by atoms with Crippen molar-refractivity contribution in [2.75, 3.05) is 12.5 Å². The van der Waals surface area contributed by atoms with Crippen molar-refractivity contribution in [3.63, 3.8) is 0 Å². The summed E-state index contributed by atoms with van der Waals surface area (Å²) in [5.74, 6) is 0.560. The summed E-state index contributed by atoms with van der Waals surface area (Å²) in [7, 11) is 0. The fraction of sp³-hybridized carbons (Fsp3) is 0.889.